The van der Waals surface area contributed by atoms with Crippen molar-refractivity contribution in [1.82, 2.24) is 15.1 Å². The topological polar surface area (TPSA) is 52.7 Å². The Bertz CT molecular complexity index is 582. The Kier molecular flexibility index (Phi) is 6.48. The van der Waals surface area contributed by atoms with E-state index in [-0.39, 0.29) is 28.4 Å². The second kappa shape index (κ2) is 8.37. The first kappa shape index (κ1) is 18.6. The standard InChI is InChI=1S/C17H24FN3O2S/c1-4-19-17(23)20(5-2)10-11-21-15(22)12(3)24-16(21)13-6-8-14(18)9-7-13/h6-9,12,16H,4-5,10-11H2,1-3H3,(H,19,23)/t12-,16-/m0/s1. The molecule has 2 atom stereocenters. The quantitative estimate of drug-likeness (QED) is 0.856. The highest BCUT2D eigenvalue weighted by Crippen LogP contribution is 2.42. The van der Waals surface area contributed by atoms with Gasteiger partial charge in [0.25, 0.3) is 0 Å². The van der Waals surface area contributed by atoms with Crippen LogP contribution in [0.4, 0.5) is 9.18 Å². The molecule has 1 saturated heterocycles. The lowest BCUT2D eigenvalue weighted by molar-refractivity contribution is -0.129. The van der Waals surface area contributed by atoms with Gasteiger partial charge >= 0.3 is 6.03 Å². The average molecular weight is 353 g/mol. The van der Waals surface area contributed by atoms with Crippen molar-refractivity contribution >= 4 is 23.7 Å². The van der Waals surface area contributed by atoms with Crippen LogP contribution in [0.1, 0.15) is 31.7 Å². The molecule has 1 aliphatic heterocycles. The highest BCUT2D eigenvalue weighted by atomic mass is 32.2. The normalized spacial score (nSPS) is 20.3. The smallest absolute Gasteiger partial charge is 0.317 e. The van der Waals surface area contributed by atoms with Gasteiger partial charge in [0.2, 0.25) is 5.91 Å². The largest absolute Gasteiger partial charge is 0.338 e. The van der Waals surface area contributed by atoms with Crippen LogP contribution in [-0.2, 0) is 4.79 Å². The Balaban J connectivity index is 2.08. The van der Waals surface area contributed by atoms with Crippen molar-refractivity contribution in [3.8, 4) is 0 Å². The molecule has 0 bridgehead atoms. The molecule has 5 nitrogen and oxygen atoms in total. The molecule has 132 valence electrons. The molecule has 1 N–H and O–H groups in total. The number of carbonyl (C=O) groups is 2. The van der Waals surface area contributed by atoms with Gasteiger partial charge in [0.05, 0.1) is 5.25 Å². The first-order valence-electron chi connectivity index (χ1n) is 8.22. The van der Waals surface area contributed by atoms with E-state index < -0.39 is 0 Å². The summed E-state index contributed by atoms with van der Waals surface area (Å²) in [7, 11) is 0. The van der Waals surface area contributed by atoms with Crippen LogP contribution in [-0.4, -0.2) is 53.2 Å². The molecule has 0 aliphatic carbocycles. The van der Waals surface area contributed by atoms with Crippen molar-refractivity contribution in [2.24, 2.45) is 0 Å². The predicted molar refractivity (Wildman–Crippen MR) is 94.2 cm³/mol. The van der Waals surface area contributed by atoms with Crippen LogP contribution < -0.4 is 5.32 Å². The van der Waals surface area contributed by atoms with Crippen molar-refractivity contribution in [3.63, 3.8) is 0 Å². The Labute approximate surface area is 146 Å². The van der Waals surface area contributed by atoms with Gasteiger partial charge < -0.3 is 15.1 Å². The van der Waals surface area contributed by atoms with Gasteiger partial charge in [-0.05, 0) is 38.5 Å². The van der Waals surface area contributed by atoms with Crippen LogP contribution in [0.2, 0.25) is 0 Å². The number of amides is 3. The van der Waals surface area contributed by atoms with Crippen molar-refractivity contribution in [2.75, 3.05) is 26.2 Å². The molecule has 0 aromatic heterocycles. The summed E-state index contributed by atoms with van der Waals surface area (Å²) in [5.41, 5.74) is 0.903. The summed E-state index contributed by atoms with van der Waals surface area (Å²) < 4.78 is 13.1. The fourth-order valence-corrected chi connectivity index (χ4v) is 3.99. The minimum atomic E-state index is -0.291. The molecule has 1 aromatic rings. The van der Waals surface area contributed by atoms with Gasteiger partial charge in [-0.2, -0.15) is 0 Å². The molecule has 0 saturated carbocycles. The first-order chi connectivity index (χ1) is 11.5. The summed E-state index contributed by atoms with van der Waals surface area (Å²) >= 11 is 1.55. The summed E-state index contributed by atoms with van der Waals surface area (Å²) in [6, 6.07) is 6.13. The van der Waals surface area contributed by atoms with E-state index in [0.717, 1.165) is 5.56 Å². The van der Waals surface area contributed by atoms with Crippen LogP contribution >= 0.6 is 11.8 Å². The third-order valence-corrected chi connectivity index (χ3v) is 5.40. The highest BCUT2D eigenvalue weighted by Gasteiger charge is 2.38. The van der Waals surface area contributed by atoms with Crippen molar-refractivity contribution in [2.45, 2.75) is 31.4 Å². The van der Waals surface area contributed by atoms with Crippen molar-refractivity contribution in [3.05, 3.63) is 35.6 Å². The third kappa shape index (κ3) is 4.20. The molecule has 7 heteroatoms. The zero-order valence-corrected chi connectivity index (χ0v) is 15.1. The number of nitrogens with one attached hydrogen (secondary N) is 1. The zero-order valence-electron chi connectivity index (χ0n) is 14.3. The molecule has 1 aliphatic rings. The lowest BCUT2D eigenvalue weighted by Gasteiger charge is -2.28. The summed E-state index contributed by atoms with van der Waals surface area (Å²) in [4.78, 5) is 27.9. The lowest BCUT2D eigenvalue weighted by Crippen LogP contribution is -2.44. The molecule has 1 aromatic carbocycles. The van der Waals surface area contributed by atoms with E-state index in [1.165, 1.54) is 12.1 Å². The van der Waals surface area contributed by atoms with Gasteiger partial charge in [0.1, 0.15) is 11.2 Å². The third-order valence-electron chi connectivity index (χ3n) is 4.01. The zero-order chi connectivity index (χ0) is 17.7. The predicted octanol–water partition coefficient (Wildman–Crippen LogP) is 2.84. The molecular formula is C17H24FN3O2S. The second-order valence-electron chi connectivity index (χ2n) is 5.63. The molecule has 0 spiro atoms. The molecule has 1 fully saturated rings. The van der Waals surface area contributed by atoms with Gasteiger partial charge in [-0.15, -0.1) is 11.8 Å². The maximum Gasteiger partial charge on any atom is 0.317 e. The number of nitrogens with zero attached hydrogens (tertiary/aromatic N) is 2. The van der Waals surface area contributed by atoms with E-state index in [1.807, 2.05) is 20.8 Å². The molecule has 0 radical (unpaired) electrons. The van der Waals surface area contributed by atoms with Crippen molar-refractivity contribution < 1.29 is 14.0 Å². The fraction of sp³-hybridized carbons (Fsp3) is 0.529. The monoisotopic (exact) mass is 353 g/mol. The van der Waals surface area contributed by atoms with Crippen LogP contribution in [0.5, 0.6) is 0 Å². The molecular weight excluding hydrogens is 329 g/mol. The van der Waals surface area contributed by atoms with E-state index in [4.69, 9.17) is 0 Å². The van der Waals surface area contributed by atoms with E-state index >= 15 is 0 Å². The maximum atomic E-state index is 13.1. The Morgan fingerprint density at radius 1 is 1.33 bits per heavy atom. The van der Waals surface area contributed by atoms with Crippen molar-refractivity contribution in [1.29, 1.82) is 0 Å². The minimum Gasteiger partial charge on any atom is -0.338 e. The number of benzene rings is 1. The number of hydrogen-bond donors (Lipinski definition) is 1. The summed E-state index contributed by atoms with van der Waals surface area (Å²) in [6.45, 7) is 7.75. The molecule has 3 amide bonds. The number of hydrogen-bond acceptors (Lipinski definition) is 3. The number of likely N-dealkylation sites (N-methyl/N-ethyl adjacent to an activating group) is 1. The second-order valence-corrected chi connectivity index (χ2v) is 7.05. The number of rotatable bonds is 6. The van der Waals surface area contributed by atoms with Crippen LogP contribution in [0.3, 0.4) is 0 Å². The molecule has 2 rings (SSSR count). The number of halogens is 1. The van der Waals surface area contributed by atoms with Crippen LogP contribution in [0.25, 0.3) is 0 Å². The Morgan fingerprint density at radius 3 is 2.58 bits per heavy atom. The number of carbonyl (C=O) groups excluding carboxylic acids is 2. The molecule has 24 heavy (non-hydrogen) atoms. The molecule has 1 heterocycles. The minimum absolute atomic E-state index is 0.0567. The van der Waals surface area contributed by atoms with Crippen LogP contribution in [0, 0.1) is 5.82 Å². The van der Waals surface area contributed by atoms with Gasteiger partial charge in [0, 0.05) is 26.2 Å². The van der Waals surface area contributed by atoms with Gasteiger partial charge in [-0.1, -0.05) is 12.1 Å². The van der Waals surface area contributed by atoms with E-state index in [9.17, 15) is 14.0 Å². The summed E-state index contributed by atoms with van der Waals surface area (Å²) in [5.74, 6) is -0.234. The summed E-state index contributed by atoms with van der Waals surface area (Å²) in [5, 5.41) is 2.50. The number of thioether (sulfide) groups is 1. The number of urea groups is 1. The summed E-state index contributed by atoms with van der Waals surface area (Å²) in [6.07, 6.45) is 0. The van der Waals surface area contributed by atoms with Gasteiger partial charge in [-0.25, -0.2) is 9.18 Å². The maximum absolute atomic E-state index is 13.1. The van der Waals surface area contributed by atoms with E-state index in [1.54, 1.807) is 33.7 Å². The van der Waals surface area contributed by atoms with Gasteiger partial charge in [-0.3, -0.25) is 4.79 Å². The highest BCUT2D eigenvalue weighted by molar-refractivity contribution is 8.01. The van der Waals surface area contributed by atoms with Crippen LogP contribution in [0.15, 0.2) is 24.3 Å². The Hall–Kier alpha value is -1.76. The Morgan fingerprint density at radius 2 is 2.00 bits per heavy atom. The van der Waals surface area contributed by atoms with E-state index in [2.05, 4.69) is 5.32 Å². The SMILES string of the molecule is CCNC(=O)N(CC)CCN1C(=O)[C@H](C)S[C@H]1c1ccc(F)cc1. The average Bonchev–Trinajstić information content (AvgIpc) is 2.84. The molecule has 0 unspecified atom stereocenters. The fourth-order valence-electron chi connectivity index (χ4n) is 2.68. The lowest BCUT2D eigenvalue weighted by atomic mass is 10.2. The first-order valence-corrected chi connectivity index (χ1v) is 9.16. The van der Waals surface area contributed by atoms with E-state index in [0.29, 0.717) is 26.2 Å². The van der Waals surface area contributed by atoms with Gasteiger partial charge in [0.15, 0.2) is 0 Å².